The molecule has 7 nitrogen and oxygen atoms in total. The summed E-state index contributed by atoms with van der Waals surface area (Å²) in [5, 5.41) is 17.7. The maximum absolute atomic E-state index is 13.3. The van der Waals surface area contributed by atoms with Gasteiger partial charge in [-0.15, -0.1) is 0 Å². The normalized spacial score (nSPS) is 12.5. The topological polar surface area (TPSA) is 104 Å². The van der Waals surface area contributed by atoms with Crippen LogP contribution in [0.1, 0.15) is 36.2 Å². The first-order valence-corrected chi connectivity index (χ1v) is 10.7. The molecule has 2 aromatic heterocycles. The lowest BCUT2D eigenvalue weighted by Gasteiger charge is -2.33. The number of halogens is 6. The van der Waals surface area contributed by atoms with Gasteiger partial charge >= 0.3 is 12.4 Å². The molecule has 0 saturated heterocycles. The standard InChI is InChI=1S/C20H23F6N5O2S/c1-18(2,11-32)10-31(6-4-19(21,22)23)16-14(7-12(9-29-16)20(24,25)26)17(33)30-13-3-5-28-15(8-13)34-27/h3,5,7-9,32H,4,6,10-11,27H2,1-2H3,(H,28,30,33). The predicted molar refractivity (Wildman–Crippen MR) is 115 cm³/mol. The molecule has 0 fully saturated rings. The average Bonchev–Trinajstić information content (AvgIpc) is 2.75. The Morgan fingerprint density at radius 3 is 2.41 bits per heavy atom. The zero-order valence-corrected chi connectivity index (χ0v) is 19.0. The maximum Gasteiger partial charge on any atom is 0.417 e. The molecule has 0 bridgehead atoms. The number of rotatable bonds is 9. The second kappa shape index (κ2) is 10.8. The lowest BCUT2D eigenvalue weighted by atomic mass is 9.93. The van der Waals surface area contributed by atoms with Crippen LogP contribution in [0.2, 0.25) is 0 Å². The highest BCUT2D eigenvalue weighted by Gasteiger charge is 2.35. The van der Waals surface area contributed by atoms with E-state index in [9.17, 15) is 36.2 Å². The van der Waals surface area contributed by atoms with Gasteiger partial charge in [0.15, 0.2) is 0 Å². The fourth-order valence-corrected chi connectivity index (χ4v) is 3.19. The SMILES string of the molecule is CC(C)(CO)CN(CCC(F)(F)F)c1ncc(C(F)(F)F)cc1C(=O)Nc1ccnc(SN)c1. The number of aliphatic hydroxyl groups excluding tert-OH is 1. The highest BCUT2D eigenvalue weighted by molar-refractivity contribution is 7.97. The molecule has 188 valence electrons. The Labute approximate surface area is 195 Å². The Bertz CT molecular complexity index is 1000. The van der Waals surface area contributed by atoms with Gasteiger partial charge in [-0.25, -0.2) is 9.97 Å². The molecule has 0 atom stereocenters. The van der Waals surface area contributed by atoms with Gasteiger partial charge in [0.2, 0.25) is 0 Å². The van der Waals surface area contributed by atoms with Crippen molar-refractivity contribution in [1.82, 2.24) is 9.97 Å². The summed E-state index contributed by atoms with van der Waals surface area (Å²) in [7, 11) is 0. The molecule has 0 aliphatic carbocycles. The van der Waals surface area contributed by atoms with Crippen LogP contribution >= 0.6 is 11.9 Å². The summed E-state index contributed by atoms with van der Waals surface area (Å²) in [6, 6.07) is 3.28. The van der Waals surface area contributed by atoms with Crippen molar-refractivity contribution < 1.29 is 36.2 Å². The summed E-state index contributed by atoms with van der Waals surface area (Å²) in [5.41, 5.74) is -2.60. The summed E-state index contributed by atoms with van der Waals surface area (Å²) >= 11 is 0.775. The van der Waals surface area contributed by atoms with Gasteiger partial charge in [-0.2, -0.15) is 26.3 Å². The Morgan fingerprint density at radius 2 is 1.85 bits per heavy atom. The van der Waals surface area contributed by atoms with Crippen LogP contribution in [0.4, 0.5) is 37.8 Å². The van der Waals surface area contributed by atoms with Crippen molar-refractivity contribution in [3.05, 3.63) is 41.7 Å². The average molecular weight is 511 g/mol. The zero-order chi connectivity index (χ0) is 25.7. The molecule has 14 heteroatoms. The van der Waals surface area contributed by atoms with E-state index >= 15 is 0 Å². The second-order valence-corrected chi connectivity index (χ2v) is 8.81. The van der Waals surface area contributed by atoms with Crippen molar-refractivity contribution in [2.75, 3.05) is 29.9 Å². The van der Waals surface area contributed by atoms with E-state index in [2.05, 4.69) is 15.3 Å². The van der Waals surface area contributed by atoms with Crippen LogP contribution in [0.3, 0.4) is 0 Å². The van der Waals surface area contributed by atoms with Crippen molar-refractivity contribution in [1.29, 1.82) is 0 Å². The summed E-state index contributed by atoms with van der Waals surface area (Å²) in [6.45, 7) is 1.80. The minimum atomic E-state index is -4.85. The second-order valence-electron chi connectivity index (χ2n) is 8.16. The number of anilines is 2. The van der Waals surface area contributed by atoms with E-state index in [0.29, 0.717) is 17.3 Å². The smallest absolute Gasteiger partial charge is 0.396 e. The summed E-state index contributed by atoms with van der Waals surface area (Å²) in [6.07, 6.45) is -8.95. The number of hydrogen-bond acceptors (Lipinski definition) is 7. The first-order chi connectivity index (χ1) is 15.6. The van der Waals surface area contributed by atoms with Crippen molar-refractivity contribution >= 4 is 29.4 Å². The van der Waals surface area contributed by atoms with Crippen molar-refractivity contribution in [3.8, 4) is 0 Å². The van der Waals surface area contributed by atoms with Crippen molar-refractivity contribution in [2.24, 2.45) is 10.6 Å². The first-order valence-electron chi connectivity index (χ1n) is 9.79. The number of amides is 1. The Kier molecular flexibility index (Phi) is 8.77. The number of aliphatic hydroxyl groups is 1. The van der Waals surface area contributed by atoms with Gasteiger partial charge in [0.25, 0.3) is 5.91 Å². The fraction of sp³-hybridized carbons (Fsp3) is 0.450. The summed E-state index contributed by atoms with van der Waals surface area (Å²) in [5.74, 6) is -1.40. The van der Waals surface area contributed by atoms with Crippen LogP contribution in [0.25, 0.3) is 0 Å². The molecule has 34 heavy (non-hydrogen) atoms. The van der Waals surface area contributed by atoms with E-state index in [1.54, 1.807) is 13.8 Å². The van der Waals surface area contributed by atoms with Crippen LogP contribution in [-0.4, -0.2) is 46.9 Å². The highest BCUT2D eigenvalue weighted by Crippen LogP contribution is 2.33. The molecule has 0 aliphatic rings. The fourth-order valence-electron chi connectivity index (χ4n) is 2.87. The maximum atomic E-state index is 13.3. The van der Waals surface area contributed by atoms with Gasteiger partial charge in [-0.05, 0) is 30.1 Å². The molecule has 2 rings (SSSR count). The molecule has 4 N–H and O–H groups in total. The third-order valence-corrected chi connectivity index (χ3v) is 5.03. The molecule has 2 aromatic rings. The number of aromatic nitrogens is 2. The van der Waals surface area contributed by atoms with E-state index < -0.39 is 54.4 Å². The molecule has 0 spiro atoms. The summed E-state index contributed by atoms with van der Waals surface area (Å²) in [4.78, 5) is 21.7. The van der Waals surface area contributed by atoms with E-state index in [1.165, 1.54) is 18.3 Å². The van der Waals surface area contributed by atoms with Gasteiger partial charge in [-0.3, -0.25) is 9.93 Å². The quantitative estimate of drug-likeness (QED) is 0.337. The molecular formula is C20H23F6N5O2S. The van der Waals surface area contributed by atoms with E-state index in [-0.39, 0.29) is 18.1 Å². The number of nitrogens with one attached hydrogen (secondary N) is 1. The van der Waals surface area contributed by atoms with Gasteiger partial charge in [0, 0.05) is 43.2 Å². The van der Waals surface area contributed by atoms with Crippen LogP contribution in [-0.2, 0) is 6.18 Å². The molecule has 0 aliphatic heterocycles. The number of carbonyl (C=O) groups excluding carboxylic acids is 1. The number of carbonyl (C=O) groups is 1. The van der Waals surface area contributed by atoms with Gasteiger partial charge in [-0.1, -0.05) is 13.8 Å². The van der Waals surface area contributed by atoms with E-state index in [1.807, 2.05) is 0 Å². The molecule has 0 saturated carbocycles. The molecule has 1 amide bonds. The third-order valence-electron chi connectivity index (χ3n) is 4.56. The molecular weight excluding hydrogens is 488 g/mol. The first kappa shape index (κ1) is 27.7. The summed E-state index contributed by atoms with van der Waals surface area (Å²) < 4.78 is 78.8. The molecule has 2 heterocycles. The lowest BCUT2D eigenvalue weighted by molar-refractivity contribution is -0.137. The zero-order valence-electron chi connectivity index (χ0n) is 18.2. The van der Waals surface area contributed by atoms with Crippen LogP contribution in [0.5, 0.6) is 0 Å². The number of pyridine rings is 2. The minimum absolute atomic E-state index is 0.161. The number of nitrogens with zero attached hydrogens (tertiary/aromatic N) is 3. The monoisotopic (exact) mass is 511 g/mol. The Hall–Kier alpha value is -2.58. The largest absolute Gasteiger partial charge is 0.417 e. The highest BCUT2D eigenvalue weighted by atomic mass is 32.2. The number of nitrogens with two attached hydrogens (primary N) is 1. The van der Waals surface area contributed by atoms with Gasteiger partial charge in [0.05, 0.1) is 17.5 Å². The predicted octanol–water partition coefficient (Wildman–Crippen LogP) is 4.49. The number of alkyl halides is 6. The molecule has 0 unspecified atom stereocenters. The van der Waals surface area contributed by atoms with Gasteiger partial charge < -0.3 is 15.3 Å². The third kappa shape index (κ3) is 8.02. The van der Waals surface area contributed by atoms with Crippen LogP contribution in [0, 0.1) is 5.41 Å². The Balaban J connectivity index is 2.55. The Morgan fingerprint density at radius 1 is 1.18 bits per heavy atom. The lowest BCUT2D eigenvalue weighted by Crippen LogP contribution is -2.40. The van der Waals surface area contributed by atoms with Crippen LogP contribution in [0.15, 0.2) is 35.6 Å². The minimum Gasteiger partial charge on any atom is -0.396 e. The van der Waals surface area contributed by atoms with E-state index in [4.69, 9.17) is 5.14 Å². The molecule has 0 radical (unpaired) electrons. The molecule has 0 aromatic carbocycles. The van der Waals surface area contributed by atoms with Crippen LogP contribution < -0.4 is 15.4 Å². The van der Waals surface area contributed by atoms with Crippen molar-refractivity contribution in [3.63, 3.8) is 0 Å². The van der Waals surface area contributed by atoms with Gasteiger partial charge in [0.1, 0.15) is 10.8 Å². The van der Waals surface area contributed by atoms with Crippen molar-refractivity contribution in [2.45, 2.75) is 37.6 Å². The number of hydrogen-bond donors (Lipinski definition) is 3. The van der Waals surface area contributed by atoms with E-state index in [0.717, 1.165) is 16.8 Å².